The number of amides is 2. The SMILES string of the molecule is CNC(=O)[C@H](CC(C)C)NC(=O)c1nc(-c2cccc(F)c2)n2c1CN(C)CCC2. The monoisotopic (exact) mass is 415 g/mol. The van der Waals surface area contributed by atoms with Gasteiger partial charge in [0.15, 0.2) is 5.69 Å². The van der Waals surface area contributed by atoms with Gasteiger partial charge in [-0.15, -0.1) is 0 Å². The van der Waals surface area contributed by atoms with E-state index in [1.807, 2.05) is 25.5 Å². The number of imidazole rings is 1. The lowest BCUT2D eigenvalue weighted by Gasteiger charge is -2.19. The number of likely N-dealkylation sites (N-methyl/N-ethyl adjacent to an activating group) is 1. The highest BCUT2D eigenvalue weighted by molar-refractivity contribution is 5.97. The molecule has 0 saturated carbocycles. The molecular weight excluding hydrogens is 385 g/mol. The number of hydrogen-bond acceptors (Lipinski definition) is 4. The highest BCUT2D eigenvalue weighted by Gasteiger charge is 2.29. The number of nitrogens with zero attached hydrogens (tertiary/aromatic N) is 3. The summed E-state index contributed by atoms with van der Waals surface area (Å²) in [6, 6.07) is 5.61. The fourth-order valence-electron chi connectivity index (χ4n) is 3.85. The van der Waals surface area contributed by atoms with Crippen molar-refractivity contribution in [1.82, 2.24) is 25.1 Å². The summed E-state index contributed by atoms with van der Waals surface area (Å²) in [6.45, 7) is 6.14. The van der Waals surface area contributed by atoms with Crippen LogP contribution < -0.4 is 10.6 Å². The van der Waals surface area contributed by atoms with E-state index in [1.54, 1.807) is 19.2 Å². The summed E-state index contributed by atoms with van der Waals surface area (Å²) in [5.41, 5.74) is 1.71. The molecule has 0 fully saturated rings. The summed E-state index contributed by atoms with van der Waals surface area (Å²) in [5.74, 6) is -0.153. The van der Waals surface area contributed by atoms with E-state index in [4.69, 9.17) is 0 Å². The van der Waals surface area contributed by atoms with Gasteiger partial charge in [-0.25, -0.2) is 9.37 Å². The number of carbonyl (C=O) groups excluding carboxylic acids is 2. The van der Waals surface area contributed by atoms with Gasteiger partial charge in [-0.3, -0.25) is 9.59 Å². The molecule has 1 aliphatic heterocycles. The Labute approximate surface area is 176 Å². The summed E-state index contributed by atoms with van der Waals surface area (Å²) < 4.78 is 15.8. The fraction of sp³-hybridized carbons (Fsp3) is 0.500. The van der Waals surface area contributed by atoms with Crippen LogP contribution in [0.5, 0.6) is 0 Å². The third-order valence-electron chi connectivity index (χ3n) is 5.29. The Bertz CT molecular complexity index is 924. The van der Waals surface area contributed by atoms with Gasteiger partial charge in [0.25, 0.3) is 5.91 Å². The third kappa shape index (κ3) is 4.87. The van der Waals surface area contributed by atoms with Crippen molar-refractivity contribution >= 4 is 11.8 Å². The van der Waals surface area contributed by atoms with Crippen LogP contribution in [0.4, 0.5) is 4.39 Å². The van der Waals surface area contributed by atoms with Crippen LogP contribution >= 0.6 is 0 Å². The number of halogens is 1. The van der Waals surface area contributed by atoms with Crippen LogP contribution in [0.1, 0.15) is 42.9 Å². The van der Waals surface area contributed by atoms with Gasteiger partial charge in [-0.2, -0.15) is 0 Å². The van der Waals surface area contributed by atoms with Crippen LogP contribution in [0.25, 0.3) is 11.4 Å². The molecule has 0 unspecified atom stereocenters. The molecule has 3 rings (SSSR count). The van der Waals surface area contributed by atoms with Gasteiger partial charge in [0.05, 0.1) is 5.69 Å². The zero-order valence-electron chi connectivity index (χ0n) is 18.0. The van der Waals surface area contributed by atoms with E-state index in [-0.39, 0.29) is 23.5 Å². The number of carbonyl (C=O) groups is 2. The first-order valence-electron chi connectivity index (χ1n) is 10.4. The molecule has 2 N–H and O–H groups in total. The fourth-order valence-corrected chi connectivity index (χ4v) is 3.85. The van der Waals surface area contributed by atoms with Crippen LogP contribution in [0.3, 0.4) is 0 Å². The van der Waals surface area contributed by atoms with Crippen LogP contribution in [-0.2, 0) is 17.9 Å². The number of fused-ring (bicyclic) bond motifs is 1. The second-order valence-electron chi connectivity index (χ2n) is 8.25. The maximum absolute atomic E-state index is 13.8. The van der Waals surface area contributed by atoms with Crippen LogP contribution in [0.2, 0.25) is 0 Å². The Kier molecular flexibility index (Phi) is 6.87. The van der Waals surface area contributed by atoms with E-state index in [2.05, 4.69) is 20.5 Å². The zero-order valence-corrected chi connectivity index (χ0v) is 18.0. The highest BCUT2D eigenvalue weighted by Crippen LogP contribution is 2.26. The van der Waals surface area contributed by atoms with E-state index in [1.165, 1.54) is 12.1 Å². The minimum atomic E-state index is -0.638. The van der Waals surface area contributed by atoms with Gasteiger partial charge in [0, 0.05) is 25.7 Å². The molecular formula is C22H30FN5O2. The van der Waals surface area contributed by atoms with Gasteiger partial charge < -0.3 is 20.1 Å². The van der Waals surface area contributed by atoms with Crippen molar-refractivity contribution in [2.24, 2.45) is 5.92 Å². The molecule has 7 nitrogen and oxygen atoms in total. The lowest BCUT2D eigenvalue weighted by Crippen LogP contribution is -2.46. The van der Waals surface area contributed by atoms with E-state index < -0.39 is 6.04 Å². The first-order chi connectivity index (χ1) is 14.3. The van der Waals surface area contributed by atoms with Crippen LogP contribution in [0.15, 0.2) is 24.3 Å². The highest BCUT2D eigenvalue weighted by atomic mass is 19.1. The van der Waals surface area contributed by atoms with Crippen LogP contribution in [-0.4, -0.2) is 52.9 Å². The summed E-state index contributed by atoms with van der Waals surface area (Å²) in [5, 5.41) is 5.47. The average molecular weight is 416 g/mol. The molecule has 1 atom stereocenters. The molecule has 0 radical (unpaired) electrons. The lowest BCUT2D eigenvalue weighted by atomic mass is 10.0. The number of aromatic nitrogens is 2. The molecule has 0 saturated heterocycles. The van der Waals surface area contributed by atoms with Crippen molar-refractivity contribution in [3.63, 3.8) is 0 Å². The summed E-state index contributed by atoms with van der Waals surface area (Å²) in [6.07, 6.45) is 1.43. The molecule has 30 heavy (non-hydrogen) atoms. The summed E-state index contributed by atoms with van der Waals surface area (Å²) >= 11 is 0. The van der Waals surface area contributed by atoms with E-state index >= 15 is 0 Å². The minimum Gasteiger partial charge on any atom is -0.357 e. The zero-order chi connectivity index (χ0) is 21.8. The van der Waals surface area contributed by atoms with E-state index in [9.17, 15) is 14.0 Å². The van der Waals surface area contributed by atoms with Gasteiger partial charge in [-0.05, 0) is 44.5 Å². The largest absolute Gasteiger partial charge is 0.357 e. The van der Waals surface area contributed by atoms with Gasteiger partial charge >= 0.3 is 0 Å². The second-order valence-corrected chi connectivity index (χ2v) is 8.25. The third-order valence-corrected chi connectivity index (χ3v) is 5.29. The summed E-state index contributed by atoms with van der Waals surface area (Å²) in [7, 11) is 3.56. The lowest BCUT2D eigenvalue weighted by molar-refractivity contribution is -0.122. The second kappa shape index (κ2) is 9.38. The van der Waals surface area contributed by atoms with Crippen molar-refractivity contribution in [2.45, 2.75) is 45.8 Å². The first kappa shape index (κ1) is 22.0. The normalized spacial score (nSPS) is 15.4. The summed E-state index contributed by atoms with van der Waals surface area (Å²) in [4.78, 5) is 32.2. The number of rotatable bonds is 6. The maximum atomic E-state index is 13.8. The Morgan fingerprint density at radius 3 is 2.70 bits per heavy atom. The van der Waals surface area contributed by atoms with Crippen molar-refractivity contribution in [3.05, 3.63) is 41.5 Å². The van der Waals surface area contributed by atoms with Crippen molar-refractivity contribution < 1.29 is 14.0 Å². The minimum absolute atomic E-state index is 0.232. The molecule has 0 bridgehead atoms. The van der Waals surface area contributed by atoms with Crippen molar-refractivity contribution in [2.75, 3.05) is 20.6 Å². The van der Waals surface area contributed by atoms with Crippen molar-refractivity contribution in [3.8, 4) is 11.4 Å². The molecule has 1 aliphatic rings. The molecule has 2 aromatic rings. The predicted molar refractivity (Wildman–Crippen MR) is 113 cm³/mol. The van der Waals surface area contributed by atoms with Gasteiger partial charge in [0.1, 0.15) is 17.7 Å². The van der Waals surface area contributed by atoms with Crippen LogP contribution in [0, 0.1) is 11.7 Å². The molecule has 1 aromatic carbocycles. The van der Waals surface area contributed by atoms with E-state index in [0.29, 0.717) is 36.6 Å². The number of nitrogens with one attached hydrogen (secondary N) is 2. The Balaban J connectivity index is 2.01. The molecule has 2 amide bonds. The predicted octanol–water partition coefficient (Wildman–Crippen LogP) is 2.42. The molecule has 1 aromatic heterocycles. The van der Waals surface area contributed by atoms with Gasteiger partial charge in [0.2, 0.25) is 5.91 Å². The smallest absolute Gasteiger partial charge is 0.272 e. The quantitative estimate of drug-likeness (QED) is 0.760. The maximum Gasteiger partial charge on any atom is 0.272 e. The Morgan fingerprint density at radius 2 is 2.03 bits per heavy atom. The molecule has 162 valence electrons. The first-order valence-corrected chi connectivity index (χ1v) is 10.4. The topological polar surface area (TPSA) is 79.3 Å². The Hall–Kier alpha value is -2.74. The standard InChI is InChI=1S/C22H30FN5O2/c1-14(2)11-17(21(29)24-3)25-22(30)19-18-13-27(4)9-6-10-28(18)20(26-19)15-7-5-8-16(23)12-15/h5,7-8,12,14,17H,6,9-11,13H2,1-4H3,(H,24,29)(H,25,30)/t17-/m0/s1. The Morgan fingerprint density at radius 1 is 1.27 bits per heavy atom. The average Bonchev–Trinajstić information content (AvgIpc) is 2.93. The molecule has 8 heteroatoms. The molecule has 0 spiro atoms. The molecule has 0 aliphatic carbocycles. The van der Waals surface area contributed by atoms with Gasteiger partial charge in [-0.1, -0.05) is 26.0 Å². The number of benzene rings is 1. The number of hydrogen-bond donors (Lipinski definition) is 2. The van der Waals surface area contributed by atoms with E-state index in [0.717, 1.165) is 18.7 Å². The molecule has 2 heterocycles. The van der Waals surface area contributed by atoms with Crippen molar-refractivity contribution in [1.29, 1.82) is 0 Å².